The van der Waals surface area contributed by atoms with E-state index in [9.17, 15) is 0 Å². The van der Waals surface area contributed by atoms with E-state index in [1.165, 1.54) is 0 Å². The summed E-state index contributed by atoms with van der Waals surface area (Å²) in [5.74, 6) is 0.879. The van der Waals surface area contributed by atoms with E-state index in [0.717, 1.165) is 17.9 Å². The van der Waals surface area contributed by atoms with Crippen LogP contribution in [-0.4, -0.2) is 45.4 Å². The molecule has 0 saturated heterocycles. The lowest BCUT2D eigenvalue weighted by Crippen LogP contribution is -2.39. The first kappa shape index (κ1) is 15.0. The van der Waals surface area contributed by atoms with Crippen molar-refractivity contribution in [1.29, 1.82) is 0 Å². The summed E-state index contributed by atoms with van der Waals surface area (Å²) >= 11 is 0. The Hall–Kier alpha value is -1.10. The second kappa shape index (κ2) is 7.36. The van der Waals surface area contributed by atoms with Crippen LogP contribution in [0.3, 0.4) is 0 Å². The van der Waals surface area contributed by atoms with Gasteiger partial charge in [-0.15, -0.1) is 0 Å². The Morgan fingerprint density at radius 1 is 1.28 bits per heavy atom. The molecule has 1 aromatic carbocycles. The molecule has 0 spiro atoms. The van der Waals surface area contributed by atoms with Crippen LogP contribution in [0, 0.1) is 0 Å². The number of nitrogens with zero attached hydrogens (tertiary/aromatic N) is 1. The molecule has 1 rings (SSSR count). The van der Waals surface area contributed by atoms with Crippen molar-refractivity contribution in [3.05, 3.63) is 29.8 Å². The van der Waals surface area contributed by atoms with Crippen molar-refractivity contribution in [3.63, 3.8) is 0 Å². The second-order valence-corrected chi connectivity index (χ2v) is 4.52. The molecule has 0 aliphatic carbocycles. The summed E-state index contributed by atoms with van der Waals surface area (Å²) in [6.07, 6.45) is 0. The molecular formula is C14H24N2O2. The van der Waals surface area contributed by atoms with E-state index >= 15 is 0 Å². The molecule has 0 aliphatic heterocycles. The number of hydrogen-bond acceptors (Lipinski definition) is 4. The van der Waals surface area contributed by atoms with Gasteiger partial charge >= 0.3 is 0 Å². The van der Waals surface area contributed by atoms with E-state index < -0.39 is 0 Å². The molecule has 0 aromatic heterocycles. The van der Waals surface area contributed by atoms with Gasteiger partial charge in [-0.3, -0.25) is 4.90 Å². The molecule has 4 heteroatoms. The fourth-order valence-electron chi connectivity index (χ4n) is 2.21. The molecule has 0 saturated carbocycles. The van der Waals surface area contributed by atoms with E-state index in [-0.39, 0.29) is 12.1 Å². The maximum absolute atomic E-state index is 6.13. The van der Waals surface area contributed by atoms with Crippen molar-refractivity contribution < 1.29 is 9.47 Å². The Morgan fingerprint density at radius 2 is 1.94 bits per heavy atom. The number of likely N-dealkylation sites (N-methyl/N-ethyl adjacent to an activating group) is 1. The summed E-state index contributed by atoms with van der Waals surface area (Å²) in [7, 11) is 5.45. The van der Waals surface area contributed by atoms with Crippen molar-refractivity contribution in [3.8, 4) is 5.75 Å². The lowest BCUT2D eigenvalue weighted by Gasteiger charge is -2.32. The minimum absolute atomic E-state index is 0.0168. The number of ether oxygens (including phenoxy) is 2. The van der Waals surface area contributed by atoms with Gasteiger partial charge in [-0.1, -0.05) is 18.2 Å². The highest BCUT2D eigenvalue weighted by atomic mass is 16.5. The van der Waals surface area contributed by atoms with Gasteiger partial charge in [0.1, 0.15) is 5.75 Å². The van der Waals surface area contributed by atoms with Crippen LogP contribution in [0.5, 0.6) is 5.75 Å². The zero-order chi connectivity index (χ0) is 13.5. The third kappa shape index (κ3) is 3.70. The molecule has 18 heavy (non-hydrogen) atoms. The van der Waals surface area contributed by atoms with E-state index in [2.05, 4.69) is 18.0 Å². The number of hydrogen-bond donors (Lipinski definition) is 1. The van der Waals surface area contributed by atoms with Gasteiger partial charge in [0.2, 0.25) is 0 Å². The van der Waals surface area contributed by atoms with Gasteiger partial charge in [0.15, 0.2) is 0 Å². The molecule has 102 valence electrons. The minimum Gasteiger partial charge on any atom is -0.496 e. The first-order valence-corrected chi connectivity index (χ1v) is 6.19. The van der Waals surface area contributed by atoms with Gasteiger partial charge in [-0.2, -0.15) is 0 Å². The van der Waals surface area contributed by atoms with E-state index in [0.29, 0.717) is 6.61 Å². The maximum atomic E-state index is 6.13. The Morgan fingerprint density at radius 3 is 2.50 bits per heavy atom. The predicted molar refractivity (Wildman–Crippen MR) is 73.9 cm³/mol. The summed E-state index contributed by atoms with van der Waals surface area (Å²) in [6.45, 7) is 3.54. The quantitative estimate of drug-likeness (QED) is 0.802. The molecule has 2 N–H and O–H groups in total. The average molecular weight is 252 g/mol. The fourth-order valence-corrected chi connectivity index (χ4v) is 2.21. The molecule has 0 heterocycles. The number of para-hydroxylation sites is 1. The Kier molecular flexibility index (Phi) is 6.12. The van der Waals surface area contributed by atoms with Crippen molar-refractivity contribution in [2.75, 3.05) is 34.4 Å². The van der Waals surface area contributed by atoms with Crippen LogP contribution < -0.4 is 10.5 Å². The van der Waals surface area contributed by atoms with Crippen LogP contribution in [0.15, 0.2) is 24.3 Å². The van der Waals surface area contributed by atoms with Crippen LogP contribution in [0.25, 0.3) is 0 Å². The summed E-state index contributed by atoms with van der Waals surface area (Å²) in [6, 6.07) is 8.15. The zero-order valence-corrected chi connectivity index (χ0v) is 11.7. The molecule has 0 bridgehead atoms. The molecule has 0 radical (unpaired) electrons. The highest BCUT2D eigenvalue weighted by Gasteiger charge is 2.23. The van der Waals surface area contributed by atoms with Crippen molar-refractivity contribution in [2.24, 2.45) is 5.73 Å². The minimum atomic E-state index is 0.0168. The Balaban J connectivity index is 2.96. The van der Waals surface area contributed by atoms with E-state index in [4.69, 9.17) is 15.2 Å². The predicted octanol–water partition coefficient (Wildman–Crippen LogP) is 1.66. The van der Waals surface area contributed by atoms with E-state index in [1.807, 2.05) is 25.1 Å². The van der Waals surface area contributed by atoms with Crippen molar-refractivity contribution in [2.45, 2.75) is 19.0 Å². The highest BCUT2D eigenvalue weighted by Crippen LogP contribution is 2.30. The van der Waals surface area contributed by atoms with Gasteiger partial charge in [0.25, 0.3) is 0 Å². The monoisotopic (exact) mass is 252 g/mol. The summed E-state index contributed by atoms with van der Waals surface area (Å²) in [4.78, 5) is 2.20. The van der Waals surface area contributed by atoms with Crippen LogP contribution in [0.1, 0.15) is 18.5 Å². The number of methoxy groups -OCH3 is 2. The molecule has 0 amide bonds. The summed E-state index contributed by atoms with van der Waals surface area (Å²) < 4.78 is 10.5. The lowest BCUT2D eigenvalue weighted by molar-refractivity contribution is 0.130. The van der Waals surface area contributed by atoms with Gasteiger partial charge in [0, 0.05) is 25.3 Å². The molecule has 0 aliphatic rings. The molecule has 1 aromatic rings. The first-order valence-electron chi connectivity index (χ1n) is 6.19. The van der Waals surface area contributed by atoms with Gasteiger partial charge in [-0.25, -0.2) is 0 Å². The topological polar surface area (TPSA) is 47.7 Å². The Labute approximate surface area is 110 Å². The molecular weight excluding hydrogens is 228 g/mol. The van der Waals surface area contributed by atoms with Crippen molar-refractivity contribution in [1.82, 2.24) is 4.90 Å². The largest absolute Gasteiger partial charge is 0.496 e. The number of nitrogens with two attached hydrogens (primary N) is 1. The van der Waals surface area contributed by atoms with Crippen LogP contribution >= 0.6 is 0 Å². The summed E-state index contributed by atoms with van der Waals surface area (Å²) in [5, 5.41) is 0. The first-order chi connectivity index (χ1) is 8.61. The third-order valence-electron chi connectivity index (χ3n) is 3.08. The molecule has 0 fully saturated rings. The van der Waals surface area contributed by atoms with Crippen LogP contribution in [-0.2, 0) is 4.74 Å². The fraction of sp³-hybridized carbons (Fsp3) is 0.571. The van der Waals surface area contributed by atoms with Gasteiger partial charge in [-0.05, 0) is 20.0 Å². The highest BCUT2D eigenvalue weighted by molar-refractivity contribution is 5.36. The number of rotatable bonds is 7. The SMILES string of the molecule is COCCN(C)C(c1ccccc1OC)C(C)N. The molecule has 2 atom stereocenters. The zero-order valence-electron chi connectivity index (χ0n) is 11.7. The smallest absolute Gasteiger partial charge is 0.123 e. The maximum Gasteiger partial charge on any atom is 0.123 e. The van der Waals surface area contributed by atoms with E-state index in [1.54, 1.807) is 14.2 Å². The average Bonchev–Trinajstić information content (AvgIpc) is 2.36. The number of benzene rings is 1. The van der Waals surface area contributed by atoms with Crippen molar-refractivity contribution >= 4 is 0 Å². The molecule has 2 unspecified atom stereocenters. The van der Waals surface area contributed by atoms with Gasteiger partial charge < -0.3 is 15.2 Å². The van der Waals surface area contributed by atoms with Crippen LogP contribution in [0.2, 0.25) is 0 Å². The van der Waals surface area contributed by atoms with Gasteiger partial charge in [0.05, 0.1) is 19.8 Å². The molecule has 4 nitrogen and oxygen atoms in total. The normalized spacial score (nSPS) is 14.6. The van der Waals surface area contributed by atoms with Crippen LogP contribution in [0.4, 0.5) is 0 Å². The lowest BCUT2D eigenvalue weighted by atomic mass is 9.98. The summed E-state index contributed by atoms with van der Waals surface area (Å²) in [5.41, 5.74) is 7.25. The standard InChI is InChI=1S/C14H24N2O2/c1-11(15)14(16(2)9-10-17-3)12-7-5-6-8-13(12)18-4/h5-8,11,14H,9-10,15H2,1-4H3. The third-order valence-corrected chi connectivity index (χ3v) is 3.08. The second-order valence-electron chi connectivity index (χ2n) is 4.52. The Bertz CT molecular complexity index is 355.